The molecule has 2 saturated carbocycles. The molecule has 1 heterocycles. The number of benzene rings is 1. The van der Waals surface area contributed by atoms with Crippen LogP contribution in [0.4, 0.5) is 5.69 Å². The van der Waals surface area contributed by atoms with Crippen LogP contribution >= 0.6 is 11.6 Å². The molecule has 4 atom stereocenters. The lowest BCUT2D eigenvalue weighted by atomic mass is 9.81. The minimum Gasteiger partial charge on any atom is -0.506 e. The predicted molar refractivity (Wildman–Crippen MR) is 73.4 cm³/mol. The van der Waals surface area contributed by atoms with Gasteiger partial charge in [0.05, 0.1) is 17.5 Å². The number of halogens is 1. The second-order valence-corrected chi connectivity index (χ2v) is 6.47. The number of anilines is 1. The van der Waals surface area contributed by atoms with Crippen molar-refractivity contribution in [3.8, 4) is 5.75 Å². The molecule has 2 aliphatic carbocycles. The minimum atomic E-state index is -0.181. The molecule has 3 aliphatic rings. The van der Waals surface area contributed by atoms with Gasteiger partial charge in [-0.3, -0.25) is 9.59 Å². The van der Waals surface area contributed by atoms with Crippen LogP contribution in [0.2, 0.25) is 5.02 Å². The number of hydrogen-bond acceptors (Lipinski definition) is 3. The van der Waals surface area contributed by atoms with Crippen molar-refractivity contribution in [3.05, 3.63) is 23.2 Å². The number of aromatic hydroxyl groups is 1. The molecule has 1 aromatic rings. The number of carbonyl (C=O) groups is 2. The Morgan fingerprint density at radius 2 is 1.70 bits per heavy atom. The van der Waals surface area contributed by atoms with E-state index in [0.29, 0.717) is 16.9 Å². The zero-order chi connectivity index (χ0) is 14.0. The molecule has 20 heavy (non-hydrogen) atoms. The smallest absolute Gasteiger partial charge is 0.238 e. The van der Waals surface area contributed by atoms with E-state index in [1.165, 1.54) is 18.2 Å². The molecule has 4 nitrogen and oxygen atoms in total. The van der Waals surface area contributed by atoms with Crippen LogP contribution in [-0.4, -0.2) is 16.9 Å². The van der Waals surface area contributed by atoms with E-state index < -0.39 is 0 Å². The van der Waals surface area contributed by atoms with Crippen molar-refractivity contribution in [1.82, 2.24) is 0 Å². The van der Waals surface area contributed by atoms with E-state index in [-0.39, 0.29) is 35.1 Å². The van der Waals surface area contributed by atoms with Crippen molar-refractivity contribution in [1.29, 1.82) is 0 Å². The zero-order valence-electron chi connectivity index (χ0n) is 10.8. The highest BCUT2D eigenvalue weighted by atomic mass is 35.5. The monoisotopic (exact) mass is 291 g/mol. The largest absolute Gasteiger partial charge is 0.506 e. The second kappa shape index (κ2) is 3.98. The molecule has 2 bridgehead atoms. The van der Waals surface area contributed by atoms with Gasteiger partial charge < -0.3 is 5.11 Å². The summed E-state index contributed by atoms with van der Waals surface area (Å²) in [5, 5.41) is 10.3. The van der Waals surface area contributed by atoms with Crippen LogP contribution in [0.15, 0.2) is 18.2 Å². The lowest BCUT2D eigenvalue weighted by Crippen LogP contribution is -2.32. The maximum absolute atomic E-state index is 12.6. The highest BCUT2D eigenvalue weighted by Gasteiger charge is 2.61. The van der Waals surface area contributed by atoms with Crippen LogP contribution in [-0.2, 0) is 9.59 Å². The maximum atomic E-state index is 12.6. The number of nitrogens with zero attached hydrogens (tertiary/aromatic N) is 1. The number of hydrogen-bond donors (Lipinski definition) is 1. The first-order valence-electron chi connectivity index (χ1n) is 6.94. The maximum Gasteiger partial charge on any atom is 0.238 e. The van der Waals surface area contributed by atoms with Crippen LogP contribution in [0.3, 0.4) is 0 Å². The van der Waals surface area contributed by atoms with Crippen molar-refractivity contribution in [2.75, 3.05) is 4.90 Å². The Kier molecular flexibility index (Phi) is 2.43. The van der Waals surface area contributed by atoms with Gasteiger partial charge in [0.1, 0.15) is 5.75 Å². The number of phenolic OH excluding ortho intramolecular Hbond substituents is 1. The third kappa shape index (κ3) is 1.43. The molecule has 104 valence electrons. The topological polar surface area (TPSA) is 57.6 Å². The molecule has 1 N–H and O–H groups in total. The first-order chi connectivity index (χ1) is 9.58. The fourth-order valence-corrected chi connectivity index (χ4v) is 4.49. The van der Waals surface area contributed by atoms with Crippen LogP contribution in [0.1, 0.15) is 19.3 Å². The van der Waals surface area contributed by atoms with Crippen LogP contribution in [0.5, 0.6) is 5.75 Å². The van der Waals surface area contributed by atoms with Crippen LogP contribution in [0, 0.1) is 23.7 Å². The molecule has 1 aliphatic heterocycles. The van der Waals surface area contributed by atoms with Gasteiger partial charge in [-0.2, -0.15) is 0 Å². The number of carbonyl (C=O) groups excluding carboxylic acids is 2. The Balaban J connectivity index is 1.79. The third-order valence-corrected chi connectivity index (χ3v) is 5.34. The predicted octanol–water partition coefficient (Wildman–Crippen LogP) is 2.58. The summed E-state index contributed by atoms with van der Waals surface area (Å²) in [7, 11) is 0. The van der Waals surface area contributed by atoms with E-state index >= 15 is 0 Å². The average Bonchev–Trinajstić information content (AvgIpc) is 3.08. The standard InChI is InChI=1S/C15H14ClNO3/c16-9-3-4-11(18)10(6-9)17-14(19)12-7-1-2-8(5-7)13(12)15(17)20/h3-4,6-8,12-13,18H,1-2,5H2/t7-,8+,12-,13-/m0/s1. The summed E-state index contributed by atoms with van der Waals surface area (Å²) in [5.41, 5.74) is 0.223. The Hall–Kier alpha value is -1.55. The summed E-state index contributed by atoms with van der Waals surface area (Å²) in [6, 6.07) is 4.44. The van der Waals surface area contributed by atoms with Gasteiger partial charge in [-0.05, 0) is 49.3 Å². The molecular formula is C15H14ClNO3. The van der Waals surface area contributed by atoms with E-state index in [1.807, 2.05) is 0 Å². The van der Waals surface area contributed by atoms with Crippen LogP contribution < -0.4 is 4.90 Å². The van der Waals surface area contributed by atoms with Gasteiger partial charge in [0, 0.05) is 5.02 Å². The summed E-state index contributed by atoms with van der Waals surface area (Å²) >= 11 is 5.92. The van der Waals surface area contributed by atoms with Gasteiger partial charge in [0.15, 0.2) is 0 Å². The third-order valence-electron chi connectivity index (χ3n) is 5.11. The molecular weight excluding hydrogens is 278 g/mol. The zero-order valence-corrected chi connectivity index (χ0v) is 11.5. The molecule has 1 aromatic carbocycles. The molecule has 4 rings (SSSR count). The molecule has 1 saturated heterocycles. The molecule has 2 amide bonds. The van der Waals surface area contributed by atoms with Crippen molar-refractivity contribution in [3.63, 3.8) is 0 Å². The van der Waals surface area contributed by atoms with Gasteiger partial charge in [-0.1, -0.05) is 11.6 Å². The summed E-state index contributed by atoms with van der Waals surface area (Å²) in [4.78, 5) is 26.4. The Bertz CT molecular complexity index is 602. The second-order valence-electron chi connectivity index (χ2n) is 6.03. The fraction of sp³-hybridized carbons (Fsp3) is 0.467. The fourth-order valence-electron chi connectivity index (χ4n) is 4.32. The van der Waals surface area contributed by atoms with Gasteiger partial charge in [0.25, 0.3) is 0 Å². The van der Waals surface area contributed by atoms with E-state index in [0.717, 1.165) is 24.2 Å². The first-order valence-corrected chi connectivity index (χ1v) is 7.32. The number of phenols is 1. The molecule has 5 heteroatoms. The quantitative estimate of drug-likeness (QED) is 0.809. The number of imide groups is 1. The van der Waals surface area contributed by atoms with E-state index in [4.69, 9.17) is 11.6 Å². The summed E-state index contributed by atoms with van der Waals surface area (Å²) in [6.07, 6.45) is 3.09. The number of fused-ring (bicyclic) bond motifs is 5. The summed E-state index contributed by atoms with van der Waals surface area (Å²) < 4.78 is 0. The van der Waals surface area contributed by atoms with Crippen molar-refractivity contribution >= 4 is 29.1 Å². The van der Waals surface area contributed by atoms with Crippen molar-refractivity contribution in [2.45, 2.75) is 19.3 Å². The SMILES string of the molecule is O=C1[C@H]2[C@@H]3CC[C@@H](C3)[C@@H]2C(=O)N1c1cc(Cl)ccc1O. The minimum absolute atomic E-state index is 0.0802. The van der Waals surface area contributed by atoms with E-state index in [9.17, 15) is 14.7 Å². The summed E-state index contributed by atoms with van der Waals surface area (Å²) in [6.45, 7) is 0. The molecule has 0 spiro atoms. The Morgan fingerprint density at radius 3 is 2.30 bits per heavy atom. The van der Waals surface area contributed by atoms with Crippen molar-refractivity contribution < 1.29 is 14.7 Å². The molecule has 0 aromatic heterocycles. The Labute approximate surface area is 121 Å². The lowest BCUT2D eigenvalue weighted by molar-refractivity contribution is -0.123. The lowest BCUT2D eigenvalue weighted by Gasteiger charge is -2.19. The molecule has 0 radical (unpaired) electrons. The number of rotatable bonds is 1. The normalized spacial score (nSPS) is 35.0. The first kappa shape index (κ1) is 12.2. The van der Waals surface area contributed by atoms with E-state index in [1.54, 1.807) is 0 Å². The van der Waals surface area contributed by atoms with Crippen molar-refractivity contribution in [2.24, 2.45) is 23.7 Å². The van der Waals surface area contributed by atoms with Gasteiger partial charge in [-0.15, -0.1) is 0 Å². The number of amides is 2. The van der Waals surface area contributed by atoms with E-state index in [2.05, 4.69) is 0 Å². The molecule has 3 fully saturated rings. The van der Waals surface area contributed by atoms with Gasteiger partial charge in [-0.25, -0.2) is 4.90 Å². The highest BCUT2D eigenvalue weighted by Crippen LogP contribution is 2.57. The molecule has 0 unspecified atom stereocenters. The highest BCUT2D eigenvalue weighted by molar-refractivity contribution is 6.31. The van der Waals surface area contributed by atoms with Gasteiger partial charge in [0.2, 0.25) is 11.8 Å². The average molecular weight is 292 g/mol. The van der Waals surface area contributed by atoms with Gasteiger partial charge >= 0.3 is 0 Å². The summed E-state index contributed by atoms with van der Waals surface area (Å²) in [5.74, 6) is -0.0854. The van der Waals surface area contributed by atoms with Crippen LogP contribution in [0.25, 0.3) is 0 Å². The Morgan fingerprint density at radius 1 is 1.10 bits per heavy atom.